The van der Waals surface area contributed by atoms with Crippen LogP contribution in [-0.4, -0.2) is 22.0 Å². The zero-order valence-electron chi connectivity index (χ0n) is 19.7. The number of carbonyl (C=O) groups is 2. The Morgan fingerprint density at radius 3 is 2.12 bits per heavy atom. The quantitative estimate of drug-likeness (QED) is 0.376. The standard InChI is InChI=1S/C26H29N3O3.2ClH/c1-15(2)13-22-21(14-27)23(18-11-9-16(3)10-12-18)24(17(4)28-22)29-25(30)19-7-5-6-8-20(19)26(31)32;;/h5-12,15H,13-14,27H2,1-4H3,(H,29,30)(H,31,32);2*1H. The summed E-state index contributed by atoms with van der Waals surface area (Å²) in [4.78, 5) is 29.5. The molecule has 0 aliphatic carbocycles. The summed E-state index contributed by atoms with van der Waals surface area (Å²) in [7, 11) is 0. The molecule has 1 heterocycles. The van der Waals surface area contributed by atoms with Gasteiger partial charge in [-0.05, 0) is 49.4 Å². The van der Waals surface area contributed by atoms with E-state index in [0.717, 1.165) is 34.4 Å². The molecule has 1 amide bonds. The maximum Gasteiger partial charge on any atom is 0.336 e. The number of carboxylic acids is 1. The molecule has 34 heavy (non-hydrogen) atoms. The van der Waals surface area contributed by atoms with Gasteiger partial charge in [-0.15, -0.1) is 24.8 Å². The van der Waals surface area contributed by atoms with Crippen LogP contribution in [0.25, 0.3) is 11.1 Å². The van der Waals surface area contributed by atoms with E-state index in [9.17, 15) is 14.7 Å². The van der Waals surface area contributed by atoms with Crippen molar-refractivity contribution in [2.24, 2.45) is 11.7 Å². The van der Waals surface area contributed by atoms with Crippen LogP contribution in [0.3, 0.4) is 0 Å². The molecule has 0 spiro atoms. The first-order valence-corrected chi connectivity index (χ1v) is 10.7. The van der Waals surface area contributed by atoms with E-state index in [1.807, 2.05) is 38.1 Å². The Bertz CT molecular complexity index is 1160. The van der Waals surface area contributed by atoms with Crippen LogP contribution in [-0.2, 0) is 13.0 Å². The van der Waals surface area contributed by atoms with Crippen LogP contribution >= 0.6 is 24.8 Å². The highest BCUT2D eigenvalue weighted by Crippen LogP contribution is 2.36. The molecule has 8 heteroatoms. The van der Waals surface area contributed by atoms with Gasteiger partial charge in [0.05, 0.1) is 22.5 Å². The molecule has 0 fully saturated rings. The third kappa shape index (κ3) is 6.35. The second-order valence-corrected chi connectivity index (χ2v) is 8.35. The fourth-order valence-corrected chi connectivity index (χ4v) is 3.82. The zero-order valence-corrected chi connectivity index (χ0v) is 21.3. The molecule has 3 rings (SSSR count). The molecule has 0 atom stereocenters. The lowest BCUT2D eigenvalue weighted by Crippen LogP contribution is -2.20. The van der Waals surface area contributed by atoms with Gasteiger partial charge < -0.3 is 16.2 Å². The van der Waals surface area contributed by atoms with Crippen LogP contribution in [0.15, 0.2) is 48.5 Å². The summed E-state index contributed by atoms with van der Waals surface area (Å²) < 4.78 is 0. The number of halogens is 2. The minimum atomic E-state index is -1.15. The highest BCUT2D eigenvalue weighted by Gasteiger charge is 2.23. The summed E-state index contributed by atoms with van der Waals surface area (Å²) >= 11 is 0. The number of rotatable bonds is 7. The number of benzene rings is 2. The summed E-state index contributed by atoms with van der Waals surface area (Å²) in [6, 6.07) is 14.2. The minimum Gasteiger partial charge on any atom is -0.478 e. The molecule has 1 aromatic heterocycles. The number of hydrogen-bond acceptors (Lipinski definition) is 4. The number of nitrogens with zero attached hydrogens (tertiary/aromatic N) is 1. The number of nitrogens with one attached hydrogen (secondary N) is 1. The van der Waals surface area contributed by atoms with E-state index in [1.165, 1.54) is 12.1 Å². The molecule has 0 aliphatic rings. The summed E-state index contributed by atoms with van der Waals surface area (Å²) in [5.74, 6) is -1.26. The Balaban J connectivity index is 0.00000289. The molecule has 0 saturated heterocycles. The Hall–Kier alpha value is -2.93. The number of pyridine rings is 1. The number of anilines is 1. The number of carbonyl (C=O) groups excluding carboxylic acids is 1. The molecule has 0 bridgehead atoms. The number of aryl methyl sites for hydroxylation is 2. The van der Waals surface area contributed by atoms with E-state index in [-0.39, 0.29) is 42.5 Å². The molecule has 0 aliphatic heterocycles. The fourth-order valence-electron chi connectivity index (χ4n) is 3.82. The van der Waals surface area contributed by atoms with Gasteiger partial charge in [0.1, 0.15) is 0 Å². The monoisotopic (exact) mass is 503 g/mol. The molecule has 0 saturated carbocycles. The average molecular weight is 504 g/mol. The molecule has 6 nitrogen and oxygen atoms in total. The van der Waals surface area contributed by atoms with Crippen LogP contribution in [0.2, 0.25) is 0 Å². The van der Waals surface area contributed by atoms with Crippen molar-refractivity contribution >= 4 is 42.4 Å². The zero-order chi connectivity index (χ0) is 23.4. The van der Waals surface area contributed by atoms with E-state index >= 15 is 0 Å². The van der Waals surface area contributed by atoms with Gasteiger partial charge in [0, 0.05) is 17.8 Å². The summed E-state index contributed by atoms with van der Waals surface area (Å²) in [6.07, 6.45) is 0.766. The highest BCUT2D eigenvalue weighted by molar-refractivity contribution is 6.12. The molecular weight excluding hydrogens is 473 g/mol. The number of amides is 1. The first-order valence-electron chi connectivity index (χ1n) is 10.7. The molecular formula is C26H31Cl2N3O3. The predicted molar refractivity (Wildman–Crippen MR) is 141 cm³/mol. The normalized spacial score (nSPS) is 10.3. The fraction of sp³-hybridized carbons (Fsp3) is 0.269. The first kappa shape index (κ1) is 29.1. The number of aromatic carboxylic acids is 1. The third-order valence-corrected chi connectivity index (χ3v) is 5.35. The Morgan fingerprint density at radius 2 is 1.59 bits per heavy atom. The number of carboxylic acid groups (broad SMARTS) is 1. The summed E-state index contributed by atoms with van der Waals surface area (Å²) in [6.45, 7) is 8.39. The topological polar surface area (TPSA) is 105 Å². The second-order valence-electron chi connectivity index (χ2n) is 8.35. The number of nitrogens with two attached hydrogens (primary N) is 1. The maximum atomic E-state index is 13.2. The molecule has 0 radical (unpaired) electrons. The lowest BCUT2D eigenvalue weighted by molar-refractivity contribution is 0.0692. The minimum absolute atomic E-state index is 0. The van der Waals surface area contributed by atoms with Gasteiger partial charge in [0.2, 0.25) is 0 Å². The van der Waals surface area contributed by atoms with E-state index in [0.29, 0.717) is 17.3 Å². The van der Waals surface area contributed by atoms with Gasteiger partial charge in [-0.25, -0.2) is 4.79 Å². The van der Waals surface area contributed by atoms with Gasteiger partial charge in [-0.1, -0.05) is 55.8 Å². The summed E-state index contributed by atoms with van der Waals surface area (Å²) in [5.41, 5.74) is 12.1. The molecule has 4 N–H and O–H groups in total. The van der Waals surface area contributed by atoms with Crippen LogP contribution < -0.4 is 11.1 Å². The number of hydrogen-bond donors (Lipinski definition) is 3. The van der Waals surface area contributed by atoms with Crippen LogP contribution in [0, 0.1) is 19.8 Å². The van der Waals surface area contributed by atoms with E-state index in [4.69, 9.17) is 10.7 Å². The maximum absolute atomic E-state index is 13.2. The van der Waals surface area contributed by atoms with Gasteiger partial charge >= 0.3 is 5.97 Å². The van der Waals surface area contributed by atoms with E-state index in [1.54, 1.807) is 12.1 Å². The van der Waals surface area contributed by atoms with E-state index < -0.39 is 11.9 Å². The highest BCUT2D eigenvalue weighted by atomic mass is 35.5. The largest absolute Gasteiger partial charge is 0.478 e. The third-order valence-electron chi connectivity index (χ3n) is 5.35. The van der Waals surface area contributed by atoms with Crippen molar-refractivity contribution in [3.63, 3.8) is 0 Å². The molecule has 0 unspecified atom stereocenters. The van der Waals surface area contributed by atoms with Crippen LogP contribution in [0.1, 0.15) is 57.1 Å². The van der Waals surface area contributed by atoms with Crippen molar-refractivity contribution in [2.45, 2.75) is 40.7 Å². The smallest absolute Gasteiger partial charge is 0.336 e. The summed E-state index contributed by atoms with van der Waals surface area (Å²) in [5, 5.41) is 12.4. The Labute approximate surface area is 212 Å². The molecule has 3 aromatic rings. The van der Waals surface area contributed by atoms with Crippen LogP contribution in [0.4, 0.5) is 5.69 Å². The lowest BCUT2D eigenvalue weighted by atomic mass is 9.92. The Kier molecular flexibility index (Phi) is 10.7. The SMILES string of the molecule is Cc1ccc(-c2c(CN)c(CC(C)C)nc(C)c2NC(=O)c2ccccc2C(=O)O)cc1.Cl.Cl. The van der Waals surface area contributed by atoms with Crippen molar-refractivity contribution < 1.29 is 14.7 Å². The predicted octanol–water partition coefficient (Wildman–Crippen LogP) is 5.82. The van der Waals surface area contributed by atoms with Crippen molar-refractivity contribution in [1.29, 1.82) is 0 Å². The Morgan fingerprint density at radius 1 is 1.00 bits per heavy atom. The second kappa shape index (κ2) is 12.5. The van der Waals surface area contributed by atoms with Crippen molar-refractivity contribution in [3.05, 3.63) is 82.2 Å². The van der Waals surface area contributed by atoms with Crippen molar-refractivity contribution in [3.8, 4) is 11.1 Å². The average Bonchev–Trinajstić information content (AvgIpc) is 2.75. The van der Waals surface area contributed by atoms with Gasteiger partial charge in [0.25, 0.3) is 5.91 Å². The van der Waals surface area contributed by atoms with E-state index in [2.05, 4.69) is 19.2 Å². The van der Waals surface area contributed by atoms with Crippen molar-refractivity contribution in [2.75, 3.05) is 5.32 Å². The molecule has 2 aromatic carbocycles. The number of aromatic nitrogens is 1. The molecule has 182 valence electrons. The van der Waals surface area contributed by atoms with Gasteiger partial charge in [-0.2, -0.15) is 0 Å². The van der Waals surface area contributed by atoms with Gasteiger partial charge in [0.15, 0.2) is 0 Å². The van der Waals surface area contributed by atoms with Crippen molar-refractivity contribution in [1.82, 2.24) is 4.98 Å². The first-order chi connectivity index (χ1) is 15.2. The van der Waals surface area contributed by atoms with Crippen LogP contribution in [0.5, 0.6) is 0 Å². The lowest BCUT2D eigenvalue weighted by Gasteiger charge is -2.21. The van der Waals surface area contributed by atoms with Gasteiger partial charge in [-0.3, -0.25) is 9.78 Å².